The molecule has 0 aromatic heterocycles. The summed E-state index contributed by atoms with van der Waals surface area (Å²) in [6, 6.07) is 3.80. The van der Waals surface area contributed by atoms with Crippen LogP contribution in [0.2, 0.25) is 0 Å². The van der Waals surface area contributed by atoms with Gasteiger partial charge in [0, 0.05) is 0 Å². The molecule has 14 heavy (non-hydrogen) atoms. The average Bonchev–Trinajstić information content (AvgIpc) is 2.14. The second-order valence-corrected chi connectivity index (χ2v) is 3.19. The van der Waals surface area contributed by atoms with Crippen LogP contribution in [0, 0.1) is 6.92 Å². The summed E-state index contributed by atoms with van der Waals surface area (Å²) >= 11 is 0. The molecule has 2 heteroatoms. The van der Waals surface area contributed by atoms with Gasteiger partial charge in [0.2, 0.25) is 0 Å². The lowest BCUT2D eigenvalue weighted by atomic mass is 10.1. The number of ether oxygens (including phenoxy) is 1. The van der Waals surface area contributed by atoms with Gasteiger partial charge in [-0.25, -0.2) is 0 Å². The summed E-state index contributed by atoms with van der Waals surface area (Å²) in [5.74, 6) is 0.795. The van der Waals surface area contributed by atoms with E-state index in [2.05, 4.69) is 6.58 Å². The third kappa shape index (κ3) is 2.28. The first-order valence-electron chi connectivity index (χ1n) is 4.75. The molecule has 1 N–H and O–H groups in total. The van der Waals surface area contributed by atoms with Gasteiger partial charge in [0.25, 0.3) is 0 Å². The maximum Gasteiger partial charge on any atom is 0.161 e. The summed E-state index contributed by atoms with van der Waals surface area (Å²) in [7, 11) is 0. The van der Waals surface area contributed by atoms with Crippen molar-refractivity contribution in [3.63, 3.8) is 0 Å². The van der Waals surface area contributed by atoms with Crippen molar-refractivity contribution >= 4 is 0 Å². The predicted molar refractivity (Wildman–Crippen MR) is 57.9 cm³/mol. The van der Waals surface area contributed by atoms with Crippen LogP contribution < -0.4 is 4.74 Å². The van der Waals surface area contributed by atoms with Gasteiger partial charge in [0.05, 0.1) is 6.61 Å². The number of phenols is 1. The summed E-state index contributed by atoms with van der Waals surface area (Å²) in [6.07, 6.45) is 2.63. The third-order valence-corrected chi connectivity index (χ3v) is 2.01. The van der Waals surface area contributed by atoms with Crippen LogP contribution in [-0.2, 0) is 6.42 Å². The first-order valence-corrected chi connectivity index (χ1v) is 4.75. The fraction of sp³-hybridized carbons (Fsp3) is 0.333. The molecule has 1 aromatic carbocycles. The van der Waals surface area contributed by atoms with Crippen LogP contribution in [0.3, 0.4) is 0 Å². The first-order chi connectivity index (χ1) is 6.69. The van der Waals surface area contributed by atoms with Gasteiger partial charge in [0.15, 0.2) is 11.5 Å². The molecule has 0 unspecified atom stereocenters. The Morgan fingerprint density at radius 2 is 2.21 bits per heavy atom. The molecule has 0 saturated heterocycles. The molecule has 0 bridgehead atoms. The molecule has 0 spiro atoms. The SMILES string of the molecule is C=CCc1cc(C)c(O)c(OCC)c1. The van der Waals surface area contributed by atoms with Crippen molar-refractivity contribution < 1.29 is 9.84 Å². The maximum absolute atomic E-state index is 9.67. The van der Waals surface area contributed by atoms with Gasteiger partial charge in [-0.1, -0.05) is 12.1 Å². The van der Waals surface area contributed by atoms with Crippen molar-refractivity contribution in [3.8, 4) is 11.5 Å². The fourth-order valence-electron chi connectivity index (χ4n) is 1.37. The van der Waals surface area contributed by atoms with E-state index >= 15 is 0 Å². The molecule has 0 aliphatic heterocycles. The average molecular weight is 192 g/mol. The molecule has 0 radical (unpaired) electrons. The Bertz CT molecular complexity index is 329. The quantitative estimate of drug-likeness (QED) is 0.743. The van der Waals surface area contributed by atoms with Crippen LogP contribution in [0.1, 0.15) is 18.1 Å². The Balaban J connectivity index is 3.06. The van der Waals surface area contributed by atoms with E-state index in [0.717, 1.165) is 17.5 Å². The van der Waals surface area contributed by atoms with E-state index in [4.69, 9.17) is 4.74 Å². The highest BCUT2D eigenvalue weighted by Crippen LogP contribution is 2.31. The van der Waals surface area contributed by atoms with Crippen LogP contribution in [0.5, 0.6) is 11.5 Å². The number of benzene rings is 1. The van der Waals surface area contributed by atoms with Crippen LogP contribution in [0.25, 0.3) is 0 Å². The van der Waals surface area contributed by atoms with E-state index in [1.165, 1.54) is 0 Å². The van der Waals surface area contributed by atoms with Crippen LogP contribution in [0.15, 0.2) is 24.8 Å². The first kappa shape index (κ1) is 10.6. The van der Waals surface area contributed by atoms with Gasteiger partial charge in [-0.2, -0.15) is 0 Å². The number of aryl methyl sites for hydroxylation is 1. The Labute approximate surface area is 84.8 Å². The van der Waals surface area contributed by atoms with Crippen molar-refractivity contribution in [1.29, 1.82) is 0 Å². The molecule has 0 saturated carbocycles. The van der Waals surface area contributed by atoms with Gasteiger partial charge in [0.1, 0.15) is 0 Å². The number of phenolic OH excluding ortho intramolecular Hbond substituents is 1. The molecule has 1 aromatic rings. The predicted octanol–water partition coefficient (Wildman–Crippen LogP) is 2.83. The molecule has 0 aliphatic carbocycles. The van der Waals surface area contributed by atoms with E-state index < -0.39 is 0 Å². The molecule has 2 nitrogen and oxygen atoms in total. The second kappa shape index (κ2) is 4.70. The summed E-state index contributed by atoms with van der Waals surface area (Å²) in [4.78, 5) is 0. The highest BCUT2D eigenvalue weighted by Gasteiger charge is 2.06. The Kier molecular flexibility index (Phi) is 3.57. The Morgan fingerprint density at radius 3 is 2.79 bits per heavy atom. The summed E-state index contributed by atoms with van der Waals surface area (Å²) < 4.78 is 5.32. The molecular weight excluding hydrogens is 176 g/mol. The summed E-state index contributed by atoms with van der Waals surface area (Å²) in [5.41, 5.74) is 1.95. The lowest BCUT2D eigenvalue weighted by Gasteiger charge is -2.10. The number of hydrogen-bond acceptors (Lipinski definition) is 2. The smallest absolute Gasteiger partial charge is 0.161 e. The Hall–Kier alpha value is -1.44. The van der Waals surface area contributed by atoms with Crippen molar-refractivity contribution in [3.05, 3.63) is 35.9 Å². The van der Waals surface area contributed by atoms with Crippen LogP contribution in [0.4, 0.5) is 0 Å². The maximum atomic E-state index is 9.67. The molecule has 0 amide bonds. The van der Waals surface area contributed by atoms with E-state index in [0.29, 0.717) is 12.4 Å². The lowest BCUT2D eigenvalue weighted by molar-refractivity contribution is 0.317. The van der Waals surface area contributed by atoms with Gasteiger partial charge < -0.3 is 9.84 Å². The topological polar surface area (TPSA) is 29.5 Å². The highest BCUT2D eigenvalue weighted by atomic mass is 16.5. The molecule has 0 fully saturated rings. The monoisotopic (exact) mass is 192 g/mol. The van der Waals surface area contributed by atoms with Crippen molar-refractivity contribution in [2.24, 2.45) is 0 Å². The largest absolute Gasteiger partial charge is 0.504 e. The molecule has 0 heterocycles. The minimum Gasteiger partial charge on any atom is -0.504 e. The number of rotatable bonds is 4. The van der Waals surface area contributed by atoms with Crippen molar-refractivity contribution in [2.45, 2.75) is 20.3 Å². The van der Waals surface area contributed by atoms with E-state index in [-0.39, 0.29) is 5.75 Å². The van der Waals surface area contributed by atoms with Crippen molar-refractivity contribution in [1.82, 2.24) is 0 Å². The molecular formula is C12H16O2. The third-order valence-electron chi connectivity index (χ3n) is 2.01. The molecule has 1 rings (SSSR count). The van der Waals surface area contributed by atoms with Gasteiger partial charge in [-0.3, -0.25) is 0 Å². The minimum atomic E-state index is 0.236. The number of hydrogen-bond donors (Lipinski definition) is 1. The highest BCUT2D eigenvalue weighted by molar-refractivity contribution is 5.48. The minimum absolute atomic E-state index is 0.236. The molecule has 0 aliphatic rings. The van der Waals surface area contributed by atoms with Gasteiger partial charge in [-0.05, 0) is 37.5 Å². The molecule has 0 atom stereocenters. The second-order valence-electron chi connectivity index (χ2n) is 3.19. The van der Waals surface area contributed by atoms with E-state index in [9.17, 15) is 5.11 Å². The normalized spacial score (nSPS) is 9.86. The zero-order valence-electron chi connectivity index (χ0n) is 8.71. The standard InChI is InChI=1S/C12H16O2/c1-4-6-10-7-9(3)12(13)11(8-10)14-5-2/h4,7-8,13H,1,5-6H2,2-3H3. The Morgan fingerprint density at radius 1 is 1.50 bits per heavy atom. The van der Waals surface area contributed by atoms with Crippen LogP contribution >= 0.6 is 0 Å². The number of allylic oxidation sites excluding steroid dienone is 1. The number of aromatic hydroxyl groups is 1. The van der Waals surface area contributed by atoms with E-state index in [1.807, 2.05) is 32.1 Å². The zero-order chi connectivity index (χ0) is 10.6. The van der Waals surface area contributed by atoms with Gasteiger partial charge >= 0.3 is 0 Å². The zero-order valence-corrected chi connectivity index (χ0v) is 8.71. The fourth-order valence-corrected chi connectivity index (χ4v) is 1.37. The van der Waals surface area contributed by atoms with E-state index in [1.54, 1.807) is 0 Å². The molecule has 76 valence electrons. The van der Waals surface area contributed by atoms with Crippen molar-refractivity contribution in [2.75, 3.05) is 6.61 Å². The summed E-state index contributed by atoms with van der Waals surface area (Å²) in [5, 5.41) is 9.67. The summed E-state index contributed by atoms with van der Waals surface area (Å²) in [6.45, 7) is 8.00. The van der Waals surface area contributed by atoms with Crippen LogP contribution in [-0.4, -0.2) is 11.7 Å². The lowest BCUT2D eigenvalue weighted by Crippen LogP contribution is -1.94. The van der Waals surface area contributed by atoms with Gasteiger partial charge in [-0.15, -0.1) is 6.58 Å².